The van der Waals surface area contributed by atoms with E-state index in [0.29, 0.717) is 24.9 Å². The van der Waals surface area contributed by atoms with Crippen LogP contribution in [0.25, 0.3) is 32.9 Å². The molecule has 2 N–H and O–H groups in total. The summed E-state index contributed by atoms with van der Waals surface area (Å²) in [6, 6.07) is 4.17. The molecule has 4 aromatic rings. The van der Waals surface area contributed by atoms with Crippen molar-refractivity contribution in [2.24, 2.45) is 0 Å². The van der Waals surface area contributed by atoms with Crippen LogP contribution in [0.1, 0.15) is 37.7 Å². The molecule has 0 spiro atoms. The van der Waals surface area contributed by atoms with E-state index in [2.05, 4.69) is 26.1 Å². The first kappa shape index (κ1) is 28.5. The number of phenolic OH excluding ortho intramolecular Hbond substituents is 1. The number of halogens is 3. The van der Waals surface area contributed by atoms with E-state index in [1.54, 1.807) is 0 Å². The predicted molar refractivity (Wildman–Crippen MR) is 165 cm³/mol. The van der Waals surface area contributed by atoms with E-state index in [0.717, 1.165) is 32.2 Å². The number of alkyl halides is 1. The van der Waals surface area contributed by atoms with Crippen molar-refractivity contribution in [1.29, 1.82) is 0 Å². The highest BCUT2D eigenvalue weighted by atomic mass is 19.1. The number of fused-ring (bicyclic) bond motifs is 7. The zero-order chi connectivity index (χ0) is 32.2. The second kappa shape index (κ2) is 10.2. The monoisotopic (exact) mass is 642 g/mol. The van der Waals surface area contributed by atoms with Gasteiger partial charge < -0.3 is 24.8 Å². The summed E-state index contributed by atoms with van der Waals surface area (Å²) in [6.45, 7) is 1.62. The third kappa shape index (κ3) is 4.20. The molecule has 0 radical (unpaired) electrons. The van der Waals surface area contributed by atoms with Crippen molar-refractivity contribution in [1.82, 2.24) is 25.2 Å². The van der Waals surface area contributed by atoms with Gasteiger partial charge in [0, 0.05) is 42.5 Å². The van der Waals surface area contributed by atoms with Gasteiger partial charge in [-0.05, 0) is 55.8 Å². The molecule has 5 aliphatic rings. The Kier molecular flexibility index (Phi) is 6.17. The Balaban J connectivity index is 1.27. The fourth-order valence-electron chi connectivity index (χ4n) is 8.51. The highest BCUT2D eigenvalue weighted by molar-refractivity contribution is 6.05. The van der Waals surface area contributed by atoms with Crippen LogP contribution in [0.15, 0.2) is 24.3 Å². The maximum atomic E-state index is 17.0. The van der Waals surface area contributed by atoms with Crippen LogP contribution in [0.5, 0.6) is 17.6 Å². The molecule has 13 heteroatoms. The number of anilines is 1. The van der Waals surface area contributed by atoms with E-state index in [-0.39, 0.29) is 75.3 Å². The minimum Gasteiger partial charge on any atom is -0.508 e. The van der Waals surface area contributed by atoms with E-state index in [4.69, 9.17) is 20.9 Å². The molecule has 0 saturated carbocycles. The van der Waals surface area contributed by atoms with Crippen molar-refractivity contribution in [2.75, 3.05) is 31.1 Å². The number of terminal acetylenes is 1. The first-order valence-corrected chi connectivity index (χ1v) is 15.8. The van der Waals surface area contributed by atoms with Gasteiger partial charge in [0.2, 0.25) is 5.88 Å². The highest BCUT2D eigenvalue weighted by Crippen LogP contribution is 2.46. The summed E-state index contributed by atoms with van der Waals surface area (Å²) in [5, 5.41) is 14.7. The average molecular weight is 643 g/mol. The van der Waals surface area contributed by atoms with E-state index >= 15 is 4.39 Å². The molecule has 240 valence electrons. The Labute approximate surface area is 266 Å². The SMILES string of the molecule is C#Cc1c(F)ccc2cc(O)cc(-c3nc4c5c(nc(OC[C@@]67CCCN6C[C@H](F)C7)nc5c3F)N3CC5CCC(N5)[C@H]3C(=O)O4)c12. The summed E-state index contributed by atoms with van der Waals surface area (Å²) in [4.78, 5) is 31.4. The second-order valence-corrected chi connectivity index (χ2v) is 13.2. The van der Waals surface area contributed by atoms with Crippen LogP contribution in [0.4, 0.5) is 19.0 Å². The average Bonchev–Trinajstić information content (AvgIpc) is 3.69. The molecule has 47 heavy (non-hydrogen) atoms. The largest absolute Gasteiger partial charge is 0.508 e. The molecule has 2 aromatic carbocycles. The maximum Gasteiger partial charge on any atom is 0.337 e. The van der Waals surface area contributed by atoms with Gasteiger partial charge in [0.05, 0.1) is 11.1 Å². The molecule has 2 aromatic heterocycles. The van der Waals surface area contributed by atoms with Crippen LogP contribution in [-0.2, 0) is 4.79 Å². The maximum absolute atomic E-state index is 17.0. The van der Waals surface area contributed by atoms with Gasteiger partial charge in [0.25, 0.3) is 0 Å². The standard InChI is InChI=1S/C34H29F3N6O4/c1-2-20-22(36)6-4-16-10-19(44)11-21(24(16)20)27-26(37)28-25-30(41-33(40-28)46-15-34-8-3-9-42(34)13-17(35)12-34)43-14-18-5-7-23(38-18)29(43)32(45)47-31(25)39-27/h1,4,6,10-11,17-18,23,29,38,44H,3,5,7-9,12-15H2/t17-,18?,23?,29+,34+/m1/s1. The van der Waals surface area contributed by atoms with Crippen molar-refractivity contribution in [3.05, 3.63) is 41.5 Å². The number of aromatic nitrogens is 3. The first-order valence-electron chi connectivity index (χ1n) is 15.8. The predicted octanol–water partition coefficient (Wildman–Crippen LogP) is 3.99. The van der Waals surface area contributed by atoms with E-state index in [9.17, 15) is 18.7 Å². The lowest BCUT2D eigenvalue weighted by molar-refractivity contribution is -0.136. The van der Waals surface area contributed by atoms with Gasteiger partial charge in [0.1, 0.15) is 52.8 Å². The number of nitrogens with zero attached hydrogens (tertiary/aromatic N) is 5. The van der Waals surface area contributed by atoms with Gasteiger partial charge in [-0.1, -0.05) is 12.0 Å². The topological polar surface area (TPSA) is 113 Å². The fraction of sp³-hybridized carbons (Fsp3) is 0.412. The zero-order valence-electron chi connectivity index (χ0n) is 25.1. The van der Waals surface area contributed by atoms with Gasteiger partial charge in [-0.3, -0.25) is 4.90 Å². The molecular formula is C34H29F3N6O4. The number of rotatable bonds is 4. The molecule has 0 aliphatic carbocycles. The van der Waals surface area contributed by atoms with Gasteiger partial charge >= 0.3 is 12.0 Å². The second-order valence-electron chi connectivity index (χ2n) is 13.2. The van der Waals surface area contributed by atoms with Gasteiger partial charge in [-0.2, -0.15) is 9.97 Å². The summed E-state index contributed by atoms with van der Waals surface area (Å²) in [5.41, 5.74) is -1.24. The van der Waals surface area contributed by atoms with Gasteiger partial charge in [0.15, 0.2) is 5.82 Å². The number of carbonyl (C=O) groups excluding carboxylic acids is 1. The fourth-order valence-corrected chi connectivity index (χ4v) is 8.51. The van der Waals surface area contributed by atoms with E-state index in [1.165, 1.54) is 24.3 Å². The normalized spacial score (nSPS) is 27.9. The first-order chi connectivity index (χ1) is 22.7. The van der Waals surface area contributed by atoms with Crippen molar-refractivity contribution in [2.45, 2.75) is 61.9 Å². The van der Waals surface area contributed by atoms with E-state index < -0.39 is 35.4 Å². The van der Waals surface area contributed by atoms with Crippen molar-refractivity contribution >= 4 is 33.5 Å². The Bertz CT molecular complexity index is 2070. The molecule has 0 amide bonds. The van der Waals surface area contributed by atoms with Crippen molar-refractivity contribution in [3.63, 3.8) is 0 Å². The smallest absolute Gasteiger partial charge is 0.337 e. The molecule has 5 atom stereocenters. The number of nitrogens with one attached hydrogen (secondary N) is 1. The number of carbonyl (C=O) groups is 1. The van der Waals surface area contributed by atoms with Crippen LogP contribution in [0.2, 0.25) is 0 Å². The number of hydrogen-bond acceptors (Lipinski definition) is 10. The van der Waals surface area contributed by atoms with Gasteiger partial charge in [-0.25, -0.2) is 22.9 Å². The lowest BCUT2D eigenvalue weighted by Gasteiger charge is -2.39. The summed E-state index contributed by atoms with van der Waals surface area (Å²) < 4.78 is 58.6. The summed E-state index contributed by atoms with van der Waals surface area (Å²) >= 11 is 0. The molecule has 5 aliphatic heterocycles. The Morgan fingerprint density at radius 3 is 2.89 bits per heavy atom. The lowest BCUT2D eigenvalue weighted by Crippen LogP contribution is -2.61. The third-order valence-electron chi connectivity index (χ3n) is 10.5. The molecular weight excluding hydrogens is 613 g/mol. The van der Waals surface area contributed by atoms with Crippen molar-refractivity contribution < 1.29 is 32.5 Å². The van der Waals surface area contributed by atoms with Crippen LogP contribution >= 0.6 is 0 Å². The minimum atomic E-state index is -0.968. The molecule has 10 nitrogen and oxygen atoms in total. The van der Waals surface area contributed by atoms with Crippen LogP contribution < -0.4 is 19.7 Å². The molecule has 4 fully saturated rings. The molecule has 2 unspecified atom stereocenters. The summed E-state index contributed by atoms with van der Waals surface area (Å²) in [5.74, 6) is -0.0992. The number of hydrogen-bond donors (Lipinski definition) is 2. The molecule has 2 bridgehead atoms. The van der Waals surface area contributed by atoms with E-state index in [1.807, 2.05) is 4.90 Å². The number of aromatic hydroxyl groups is 1. The summed E-state index contributed by atoms with van der Waals surface area (Å²) in [6.07, 6.45) is 8.30. The number of benzene rings is 2. The Hall–Kier alpha value is -4.67. The number of piperazine rings is 1. The number of ether oxygens (including phenoxy) is 2. The highest BCUT2D eigenvalue weighted by Gasteiger charge is 2.51. The lowest BCUT2D eigenvalue weighted by atomic mass is 9.95. The van der Waals surface area contributed by atoms with Crippen molar-refractivity contribution in [3.8, 4) is 41.2 Å². The minimum absolute atomic E-state index is 0.00935. The number of phenols is 1. The van der Waals surface area contributed by atoms with Crippen LogP contribution in [-0.4, -0.2) is 87.0 Å². The summed E-state index contributed by atoms with van der Waals surface area (Å²) in [7, 11) is 0. The Morgan fingerprint density at radius 1 is 1.17 bits per heavy atom. The molecule has 9 rings (SSSR count). The number of esters is 1. The zero-order valence-corrected chi connectivity index (χ0v) is 25.1. The van der Waals surface area contributed by atoms with Gasteiger partial charge in [-0.15, -0.1) is 6.42 Å². The molecule has 4 saturated heterocycles. The Morgan fingerprint density at radius 2 is 2.04 bits per heavy atom. The van der Waals surface area contributed by atoms with Crippen LogP contribution in [0.3, 0.4) is 0 Å². The molecule has 7 heterocycles. The third-order valence-corrected chi connectivity index (χ3v) is 10.5. The quantitative estimate of drug-likeness (QED) is 0.250. The van der Waals surface area contributed by atoms with Crippen LogP contribution in [0, 0.1) is 24.0 Å². The number of pyridine rings is 1.